The van der Waals surface area contributed by atoms with E-state index in [0.717, 1.165) is 17.2 Å². The zero-order valence-electron chi connectivity index (χ0n) is 11.7. The minimum Gasteiger partial charge on any atom is -0.464 e. The number of hydrogen-bond donors (Lipinski definition) is 2. The molecular formula is C15H17ClN2O2. The first-order valence-corrected chi connectivity index (χ1v) is 6.73. The standard InChI is InChI=1S/C15H17ClN2O2/c1-9-4-7-15(20-9)10(2)17-12-5-6-14(13(16)8-12)18-11(3)19/h4-8,10,17H,1-3H3,(H,18,19). The molecule has 106 valence electrons. The summed E-state index contributed by atoms with van der Waals surface area (Å²) in [6, 6.07) is 9.32. The lowest BCUT2D eigenvalue weighted by Gasteiger charge is -2.14. The predicted octanol–water partition coefficient (Wildman–Crippen LogP) is 4.37. The van der Waals surface area contributed by atoms with Crippen LogP contribution in [0.25, 0.3) is 0 Å². The molecule has 2 N–H and O–H groups in total. The van der Waals surface area contributed by atoms with Gasteiger partial charge in [0.05, 0.1) is 16.8 Å². The molecule has 0 aliphatic carbocycles. The fourth-order valence-electron chi connectivity index (χ4n) is 1.90. The molecule has 1 aromatic heterocycles. The fraction of sp³-hybridized carbons (Fsp3) is 0.267. The molecule has 0 saturated carbocycles. The number of amides is 1. The molecule has 1 atom stereocenters. The van der Waals surface area contributed by atoms with Gasteiger partial charge in [0.25, 0.3) is 0 Å². The molecule has 1 unspecified atom stereocenters. The fourth-order valence-corrected chi connectivity index (χ4v) is 2.13. The van der Waals surface area contributed by atoms with Crippen LogP contribution in [0.4, 0.5) is 11.4 Å². The van der Waals surface area contributed by atoms with Crippen molar-refractivity contribution < 1.29 is 9.21 Å². The maximum absolute atomic E-state index is 11.0. The summed E-state index contributed by atoms with van der Waals surface area (Å²) in [6.07, 6.45) is 0. The molecule has 20 heavy (non-hydrogen) atoms. The number of furan rings is 1. The first-order valence-electron chi connectivity index (χ1n) is 6.35. The summed E-state index contributed by atoms with van der Waals surface area (Å²) in [5, 5.41) is 6.47. The molecule has 0 fully saturated rings. The van der Waals surface area contributed by atoms with E-state index in [2.05, 4.69) is 10.6 Å². The molecule has 0 aliphatic heterocycles. The van der Waals surface area contributed by atoms with Gasteiger partial charge in [-0.25, -0.2) is 0 Å². The monoisotopic (exact) mass is 292 g/mol. The molecule has 1 aromatic carbocycles. The van der Waals surface area contributed by atoms with E-state index in [9.17, 15) is 4.79 Å². The Morgan fingerprint density at radius 1 is 1.30 bits per heavy atom. The van der Waals surface area contributed by atoms with Gasteiger partial charge in [-0.1, -0.05) is 11.6 Å². The molecule has 2 aromatic rings. The molecule has 4 nitrogen and oxygen atoms in total. The second kappa shape index (κ2) is 6.01. The van der Waals surface area contributed by atoms with E-state index in [1.54, 1.807) is 12.1 Å². The zero-order valence-corrected chi connectivity index (χ0v) is 12.4. The van der Waals surface area contributed by atoms with Crippen molar-refractivity contribution in [2.24, 2.45) is 0 Å². The number of aryl methyl sites for hydroxylation is 1. The Labute approximate surface area is 123 Å². The van der Waals surface area contributed by atoms with Gasteiger partial charge in [0.1, 0.15) is 11.5 Å². The van der Waals surface area contributed by atoms with Crippen molar-refractivity contribution >= 4 is 28.9 Å². The lowest BCUT2D eigenvalue weighted by Crippen LogP contribution is -2.08. The van der Waals surface area contributed by atoms with Crippen molar-refractivity contribution in [2.75, 3.05) is 10.6 Å². The summed E-state index contributed by atoms with van der Waals surface area (Å²) in [7, 11) is 0. The topological polar surface area (TPSA) is 54.3 Å². The third-order valence-electron chi connectivity index (χ3n) is 2.85. The van der Waals surface area contributed by atoms with E-state index >= 15 is 0 Å². The highest BCUT2D eigenvalue weighted by Crippen LogP contribution is 2.28. The zero-order chi connectivity index (χ0) is 14.7. The highest BCUT2D eigenvalue weighted by molar-refractivity contribution is 6.34. The average Bonchev–Trinajstić information content (AvgIpc) is 2.79. The number of halogens is 1. The van der Waals surface area contributed by atoms with E-state index in [0.29, 0.717) is 10.7 Å². The number of anilines is 2. The second-order valence-corrected chi connectivity index (χ2v) is 5.10. The van der Waals surface area contributed by atoms with Crippen LogP contribution in [0.5, 0.6) is 0 Å². The Balaban J connectivity index is 2.10. The van der Waals surface area contributed by atoms with Crippen LogP contribution in [0.15, 0.2) is 34.7 Å². The Bertz CT molecular complexity index is 622. The van der Waals surface area contributed by atoms with Crippen molar-refractivity contribution in [3.05, 3.63) is 46.9 Å². The van der Waals surface area contributed by atoms with E-state index in [1.165, 1.54) is 6.92 Å². The summed E-state index contributed by atoms with van der Waals surface area (Å²) in [5.41, 5.74) is 1.47. The molecule has 0 bridgehead atoms. The van der Waals surface area contributed by atoms with E-state index in [1.807, 2.05) is 32.0 Å². The normalized spacial score (nSPS) is 12.0. The molecule has 0 aliphatic rings. The third-order valence-corrected chi connectivity index (χ3v) is 3.16. The first-order chi connectivity index (χ1) is 9.45. The number of hydrogen-bond acceptors (Lipinski definition) is 3. The SMILES string of the molecule is CC(=O)Nc1ccc(NC(C)c2ccc(C)o2)cc1Cl. The van der Waals surface area contributed by atoms with Crippen LogP contribution >= 0.6 is 11.6 Å². The van der Waals surface area contributed by atoms with Crippen LogP contribution in [-0.2, 0) is 4.79 Å². The summed E-state index contributed by atoms with van der Waals surface area (Å²) in [5.74, 6) is 1.60. The quantitative estimate of drug-likeness (QED) is 0.879. The third kappa shape index (κ3) is 3.54. The largest absolute Gasteiger partial charge is 0.464 e. The van der Waals surface area contributed by atoms with Crippen molar-refractivity contribution in [2.45, 2.75) is 26.8 Å². The summed E-state index contributed by atoms with van der Waals surface area (Å²) in [6.45, 7) is 5.37. The van der Waals surface area contributed by atoms with Gasteiger partial charge in [0.15, 0.2) is 0 Å². The van der Waals surface area contributed by atoms with Crippen molar-refractivity contribution in [3.63, 3.8) is 0 Å². The molecule has 0 saturated heterocycles. The molecule has 0 spiro atoms. The highest BCUT2D eigenvalue weighted by Gasteiger charge is 2.10. The van der Waals surface area contributed by atoms with Gasteiger partial charge in [0.2, 0.25) is 5.91 Å². The Morgan fingerprint density at radius 3 is 2.60 bits per heavy atom. The van der Waals surface area contributed by atoms with Gasteiger partial charge in [-0.15, -0.1) is 0 Å². The van der Waals surface area contributed by atoms with Crippen LogP contribution in [-0.4, -0.2) is 5.91 Å². The number of benzene rings is 1. The second-order valence-electron chi connectivity index (χ2n) is 4.69. The van der Waals surface area contributed by atoms with Gasteiger partial charge in [-0.3, -0.25) is 4.79 Å². The van der Waals surface area contributed by atoms with Gasteiger partial charge in [-0.2, -0.15) is 0 Å². The molecule has 1 heterocycles. The van der Waals surface area contributed by atoms with Crippen LogP contribution < -0.4 is 10.6 Å². The smallest absolute Gasteiger partial charge is 0.221 e. The number of nitrogens with one attached hydrogen (secondary N) is 2. The van der Waals surface area contributed by atoms with Gasteiger partial charge in [0, 0.05) is 12.6 Å². The Hall–Kier alpha value is -1.94. The first kappa shape index (κ1) is 14.5. The van der Waals surface area contributed by atoms with E-state index < -0.39 is 0 Å². The average molecular weight is 293 g/mol. The van der Waals surface area contributed by atoms with Crippen LogP contribution in [0, 0.1) is 6.92 Å². The highest BCUT2D eigenvalue weighted by atomic mass is 35.5. The van der Waals surface area contributed by atoms with Crippen molar-refractivity contribution in [3.8, 4) is 0 Å². The van der Waals surface area contributed by atoms with Gasteiger partial charge >= 0.3 is 0 Å². The van der Waals surface area contributed by atoms with Crippen LogP contribution in [0.3, 0.4) is 0 Å². The minimum absolute atomic E-state index is 0.0337. The Kier molecular flexibility index (Phi) is 4.35. The predicted molar refractivity (Wildman–Crippen MR) is 81.2 cm³/mol. The molecular weight excluding hydrogens is 276 g/mol. The summed E-state index contributed by atoms with van der Waals surface area (Å²) >= 11 is 6.13. The molecule has 0 radical (unpaired) electrons. The maximum Gasteiger partial charge on any atom is 0.221 e. The molecule has 5 heteroatoms. The number of rotatable bonds is 4. The molecule has 1 amide bonds. The van der Waals surface area contributed by atoms with Crippen LogP contribution in [0.2, 0.25) is 5.02 Å². The Morgan fingerprint density at radius 2 is 2.05 bits per heavy atom. The van der Waals surface area contributed by atoms with Crippen LogP contribution in [0.1, 0.15) is 31.4 Å². The van der Waals surface area contributed by atoms with Crippen molar-refractivity contribution in [1.82, 2.24) is 0 Å². The van der Waals surface area contributed by atoms with E-state index in [-0.39, 0.29) is 11.9 Å². The van der Waals surface area contributed by atoms with Gasteiger partial charge in [-0.05, 0) is 44.2 Å². The lowest BCUT2D eigenvalue weighted by molar-refractivity contribution is -0.114. The minimum atomic E-state index is -0.146. The molecule has 2 rings (SSSR count). The lowest BCUT2D eigenvalue weighted by atomic mass is 10.2. The van der Waals surface area contributed by atoms with Crippen molar-refractivity contribution in [1.29, 1.82) is 0 Å². The maximum atomic E-state index is 11.0. The summed E-state index contributed by atoms with van der Waals surface area (Å²) in [4.78, 5) is 11.0. The number of carbonyl (C=O) groups is 1. The summed E-state index contributed by atoms with van der Waals surface area (Å²) < 4.78 is 5.57. The van der Waals surface area contributed by atoms with E-state index in [4.69, 9.17) is 16.0 Å². The number of carbonyl (C=O) groups excluding carboxylic acids is 1. The van der Waals surface area contributed by atoms with Gasteiger partial charge < -0.3 is 15.1 Å².